The van der Waals surface area contributed by atoms with Gasteiger partial charge in [-0.1, -0.05) is 11.6 Å². The number of aromatic nitrogens is 4. The molecule has 3 aromatic rings. The molecule has 0 spiro atoms. The van der Waals surface area contributed by atoms with Crippen LogP contribution in [0.4, 0.5) is 13.2 Å². The van der Waals surface area contributed by atoms with Crippen molar-refractivity contribution in [2.75, 3.05) is 7.11 Å². The normalized spacial score (nSPS) is 11.9. The first-order valence-electron chi connectivity index (χ1n) is 6.74. The third-order valence-corrected chi connectivity index (χ3v) is 3.46. The van der Waals surface area contributed by atoms with Crippen LogP contribution in [-0.4, -0.2) is 27.0 Å². The fourth-order valence-corrected chi connectivity index (χ4v) is 2.46. The second-order valence-electron chi connectivity index (χ2n) is 4.85. The summed E-state index contributed by atoms with van der Waals surface area (Å²) < 4.78 is 44.4. The molecular formula is C15H10ClF3N4O. The Morgan fingerprint density at radius 1 is 1.21 bits per heavy atom. The Bertz CT molecular complexity index is 902. The highest BCUT2D eigenvalue weighted by atomic mass is 35.5. The van der Waals surface area contributed by atoms with Gasteiger partial charge >= 0.3 is 6.18 Å². The van der Waals surface area contributed by atoms with E-state index in [0.29, 0.717) is 16.9 Å². The summed E-state index contributed by atoms with van der Waals surface area (Å²) in [4.78, 5) is 16.2. The number of ether oxygens (including phenoxy) is 1. The molecule has 0 atom stereocenters. The highest BCUT2D eigenvalue weighted by molar-refractivity contribution is 6.33. The Hall–Kier alpha value is -2.32. The van der Waals surface area contributed by atoms with Crippen LogP contribution >= 0.6 is 11.6 Å². The maximum Gasteiger partial charge on any atom is 0.418 e. The fraction of sp³-hybridized carbons (Fsp3) is 0.200. The molecule has 124 valence electrons. The van der Waals surface area contributed by atoms with E-state index in [1.807, 2.05) is 0 Å². The molecule has 3 heterocycles. The fourth-order valence-electron chi connectivity index (χ4n) is 2.21. The van der Waals surface area contributed by atoms with E-state index in [1.165, 1.54) is 31.6 Å². The summed E-state index contributed by atoms with van der Waals surface area (Å²) in [5, 5.41) is 0.107. The lowest BCUT2D eigenvalue weighted by Crippen LogP contribution is -2.08. The summed E-state index contributed by atoms with van der Waals surface area (Å²) in [7, 11) is 1.47. The molecule has 0 aliphatic heterocycles. The van der Waals surface area contributed by atoms with E-state index in [0.717, 1.165) is 6.07 Å². The molecule has 3 rings (SSSR count). The van der Waals surface area contributed by atoms with E-state index in [9.17, 15) is 13.2 Å². The first-order chi connectivity index (χ1) is 11.4. The number of rotatable bonds is 3. The minimum Gasteiger partial charge on any atom is -0.377 e. The number of halogens is 4. The van der Waals surface area contributed by atoms with Gasteiger partial charge in [0.1, 0.15) is 12.1 Å². The van der Waals surface area contributed by atoms with Crippen LogP contribution in [0.2, 0.25) is 5.15 Å². The van der Waals surface area contributed by atoms with Gasteiger partial charge in [-0.15, -0.1) is 0 Å². The molecule has 0 aliphatic carbocycles. The van der Waals surface area contributed by atoms with Crippen LogP contribution in [0.3, 0.4) is 0 Å². The zero-order valence-corrected chi connectivity index (χ0v) is 13.1. The molecule has 0 unspecified atom stereocenters. The van der Waals surface area contributed by atoms with Crippen molar-refractivity contribution < 1.29 is 17.9 Å². The number of alkyl halides is 3. The van der Waals surface area contributed by atoms with E-state index in [4.69, 9.17) is 16.3 Å². The molecule has 0 N–H and O–H groups in total. The Kier molecular flexibility index (Phi) is 4.33. The topological polar surface area (TPSA) is 60.8 Å². The van der Waals surface area contributed by atoms with Crippen LogP contribution in [0.1, 0.15) is 11.4 Å². The Labute approximate surface area is 139 Å². The van der Waals surface area contributed by atoms with Crippen molar-refractivity contribution in [1.29, 1.82) is 0 Å². The van der Waals surface area contributed by atoms with Gasteiger partial charge in [-0.25, -0.2) is 9.97 Å². The van der Waals surface area contributed by atoms with Gasteiger partial charge in [0.2, 0.25) is 0 Å². The Morgan fingerprint density at radius 3 is 2.71 bits per heavy atom. The van der Waals surface area contributed by atoms with Gasteiger partial charge in [-0.2, -0.15) is 13.2 Å². The molecule has 24 heavy (non-hydrogen) atoms. The SMILES string of the molecule is COCc1nc(Cl)c2ncc(-c3ncccc3C(F)(F)F)cc2n1. The van der Waals surface area contributed by atoms with Crippen LogP contribution in [-0.2, 0) is 17.5 Å². The van der Waals surface area contributed by atoms with Crippen molar-refractivity contribution in [3.05, 3.63) is 47.1 Å². The number of fused-ring (bicyclic) bond motifs is 1. The minimum absolute atomic E-state index is 0.107. The lowest BCUT2D eigenvalue weighted by molar-refractivity contribution is -0.137. The van der Waals surface area contributed by atoms with Gasteiger partial charge in [0.25, 0.3) is 0 Å². The summed E-state index contributed by atoms with van der Waals surface area (Å²) in [6, 6.07) is 3.65. The van der Waals surface area contributed by atoms with E-state index >= 15 is 0 Å². The first kappa shape index (κ1) is 16.5. The number of pyridine rings is 2. The average Bonchev–Trinajstić information content (AvgIpc) is 2.54. The standard InChI is InChI=1S/C15H10ClF3N4O/c1-24-7-11-22-10-5-8(6-21-13(10)14(16)23-11)12-9(15(17,18)19)3-2-4-20-12/h2-6H,7H2,1H3. The average molecular weight is 355 g/mol. The summed E-state index contributed by atoms with van der Waals surface area (Å²) in [5.74, 6) is 0.311. The van der Waals surface area contributed by atoms with Crippen LogP contribution in [0.15, 0.2) is 30.6 Å². The van der Waals surface area contributed by atoms with Crippen molar-refractivity contribution >= 4 is 22.6 Å². The molecule has 0 aliphatic rings. The summed E-state index contributed by atoms with van der Waals surface area (Å²) in [6.45, 7) is 0.122. The van der Waals surface area contributed by atoms with Crippen molar-refractivity contribution in [3.8, 4) is 11.3 Å². The Balaban J connectivity index is 2.18. The molecule has 0 saturated carbocycles. The molecular weight excluding hydrogens is 345 g/mol. The lowest BCUT2D eigenvalue weighted by atomic mass is 10.1. The predicted molar refractivity (Wildman–Crippen MR) is 81.3 cm³/mol. The molecule has 0 bridgehead atoms. The molecule has 0 amide bonds. The van der Waals surface area contributed by atoms with Gasteiger partial charge in [-0.3, -0.25) is 9.97 Å². The molecule has 0 saturated heterocycles. The van der Waals surface area contributed by atoms with Crippen LogP contribution in [0, 0.1) is 0 Å². The highest BCUT2D eigenvalue weighted by Gasteiger charge is 2.34. The maximum absolute atomic E-state index is 13.2. The van der Waals surface area contributed by atoms with Gasteiger partial charge in [-0.05, 0) is 18.2 Å². The molecule has 0 radical (unpaired) electrons. The first-order valence-corrected chi connectivity index (χ1v) is 7.11. The quantitative estimate of drug-likeness (QED) is 0.667. The molecule has 5 nitrogen and oxygen atoms in total. The monoisotopic (exact) mass is 354 g/mol. The van der Waals surface area contributed by atoms with Gasteiger partial charge in [0.15, 0.2) is 11.0 Å². The van der Waals surface area contributed by atoms with E-state index in [2.05, 4.69) is 19.9 Å². The molecule has 3 aromatic heterocycles. The number of nitrogens with zero attached hydrogens (tertiary/aromatic N) is 4. The Morgan fingerprint density at radius 2 is 2.00 bits per heavy atom. The molecule has 9 heteroatoms. The molecule has 0 fully saturated rings. The van der Waals surface area contributed by atoms with Crippen LogP contribution in [0.5, 0.6) is 0 Å². The van der Waals surface area contributed by atoms with Crippen molar-refractivity contribution in [2.45, 2.75) is 12.8 Å². The van der Waals surface area contributed by atoms with Gasteiger partial charge in [0.05, 0.1) is 16.8 Å². The third-order valence-electron chi connectivity index (χ3n) is 3.20. The smallest absolute Gasteiger partial charge is 0.377 e. The molecule has 0 aromatic carbocycles. The maximum atomic E-state index is 13.2. The minimum atomic E-state index is -4.52. The summed E-state index contributed by atoms with van der Waals surface area (Å²) >= 11 is 6.04. The van der Waals surface area contributed by atoms with E-state index in [-0.39, 0.29) is 23.0 Å². The van der Waals surface area contributed by atoms with Gasteiger partial charge < -0.3 is 4.74 Å². The van der Waals surface area contributed by atoms with Crippen LogP contribution < -0.4 is 0 Å². The lowest BCUT2D eigenvalue weighted by Gasteiger charge is -2.12. The third kappa shape index (κ3) is 3.15. The van der Waals surface area contributed by atoms with Crippen molar-refractivity contribution in [1.82, 2.24) is 19.9 Å². The second-order valence-corrected chi connectivity index (χ2v) is 5.21. The van der Waals surface area contributed by atoms with E-state index < -0.39 is 11.7 Å². The highest BCUT2D eigenvalue weighted by Crippen LogP contribution is 2.36. The summed E-state index contributed by atoms with van der Waals surface area (Å²) in [6.07, 6.45) is -1.97. The zero-order chi connectivity index (χ0) is 17.3. The largest absolute Gasteiger partial charge is 0.418 e. The number of methoxy groups -OCH3 is 1. The predicted octanol–water partition coefficient (Wildman–Crippen LogP) is 3.91. The van der Waals surface area contributed by atoms with Crippen molar-refractivity contribution in [2.24, 2.45) is 0 Å². The van der Waals surface area contributed by atoms with Gasteiger partial charge in [0, 0.05) is 25.1 Å². The van der Waals surface area contributed by atoms with Crippen LogP contribution in [0.25, 0.3) is 22.3 Å². The second kappa shape index (κ2) is 6.29. The summed E-state index contributed by atoms with van der Waals surface area (Å²) in [5.41, 5.74) is -0.262. The zero-order valence-electron chi connectivity index (χ0n) is 12.3. The number of hydrogen-bond donors (Lipinski definition) is 0. The number of hydrogen-bond acceptors (Lipinski definition) is 5. The van der Waals surface area contributed by atoms with Crippen molar-refractivity contribution in [3.63, 3.8) is 0 Å². The van der Waals surface area contributed by atoms with E-state index in [1.54, 1.807) is 0 Å².